The van der Waals surface area contributed by atoms with Gasteiger partial charge in [0, 0.05) is 17.8 Å². The standard InChI is InChI=1S/C23H22N4O4/c1-15-13-16-7-3-5-9-19(16)27(15)23(30)18-11-12-22(29)26(25-18)14-21(28)24-17-8-4-6-10-20(17)31-2/h3-12,15H,13-14H2,1-2H3,(H,24,28). The monoisotopic (exact) mass is 418 g/mol. The van der Waals surface area contributed by atoms with Crippen molar-refractivity contribution in [1.29, 1.82) is 0 Å². The van der Waals surface area contributed by atoms with Crippen molar-refractivity contribution in [2.24, 2.45) is 0 Å². The molecule has 2 heterocycles. The molecule has 0 bridgehead atoms. The van der Waals surface area contributed by atoms with Crippen molar-refractivity contribution in [3.8, 4) is 5.75 Å². The van der Waals surface area contributed by atoms with E-state index in [-0.39, 0.29) is 24.2 Å². The number of fused-ring (bicyclic) bond motifs is 1. The lowest BCUT2D eigenvalue weighted by molar-refractivity contribution is -0.117. The molecule has 1 unspecified atom stereocenters. The average molecular weight is 418 g/mol. The molecule has 1 aliphatic heterocycles. The van der Waals surface area contributed by atoms with Gasteiger partial charge in [-0.25, -0.2) is 4.68 Å². The Hall–Kier alpha value is -3.94. The van der Waals surface area contributed by atoms with Crippen molar-refractivity contribution >= 4 is 23.2 Å². The van der Waals surface area contributed by atoms with Crippen molar-refractivity contribution < 1.29 is 14.3 Å². The van der Waals surface area contributed by atoms with Crippen LogP contribution in [0.4, 0.5) is 11.4 Å². The molecular formula is C23H22N4O4. The molecule has 8 nitrogen and oxygen atoms in total. The normalized spacial score (nSPS) is 14.8. The van der Waals surface area contributed by atoms with E-state index in [1.807, 2.05) is 31.2 Å². The van der Waals surface area contributed by atoms with E-state index in [2.05, 4.69) is 10.4 Å². The van der Waals surface area contributed by atoms with Crippen molar-refractivity contribution in [3.05, 3.63) is 82.3 Å². The van der Waals surface area contributed by atoms with Crippen LogP contribution in [0.15, 0.2) is 65.5 Å². The number of methoxy groups -OCH3 is 1. The van der Waals surface area contributed by atoms with Gasteiger partial charge in [0.25, 0.3) is 11.5 Å². The number of anilines is 2. The lowest BCUT2D eigenvalue weighted by Gasteiger charge is -2.22. The number of carbonyl (C=O) groups is 2. The predicted octanol–water partition coefficient (Wildman–Crippen LogP) is 2.48. The molecule has 0 radical (unpaired) electrons. The van der Waals surface area contributed by atoms with Crippen molar-refractivity contribution in [3.63, 3.8) is 0 Å². The number of nitrogens with one attached hydrogen (secondary N) is 1. The van der Waals surface area contributed by atoms with E-state index in [0.717, 1.165) is 22.4 Å². The number of nitrogens with zero attached hydrogens (tertiary/aromatic N) is 3. The smallest absolute Gasteiger partial charge is 0.278 e. The number of carbonyl (C=O) groups excluding carboxylic acids is 2. The van der Waals surface area contributed by atoms with Crippen molar-refractivity contribution in [2.45, 2.75) is 25.9 Å². The summed E-state index contributed by atoms with van der Waals surface area (Å²) in [4.78, 5) is 39.6. The third-order valence-electron chi connectivity index (χ3n) is 5.19. The van der Waals surface area contributed by atoms with Gasteiger partial charge >= 0.3 is 0 Å². The molecule has 3 aromatic rings. The maximum absolute atomic E-state index is 13.2. The fourth-order valence-corrected chi connectivity index (χ4v) is 3.75. The third-order valence-corrected chi connectivity index (χ3v) is 5.19. The van der Waals surface area contributed by atoms with Crippen LogP contribution < -0.4 is 20.5 Å². The summed E-state index contributed by atoms with van der Waals surface area (Å²) in [6.45, 7) is 1.64. The van der Waals surface area contributed by atoms with Gasteiger partial charge in [-0.3, -0.25) is 14.4 Å². The fourth-order valence-electron chi connectivity index (χ4n) is 3.75. The Morgan fingerprint density at radius 1 is 1.10 bits per heavy atom. The molecule has 0 aliphatic carbocycles. The van der Waals surface area contributed by atoms with Crippen LogP contribution >= 0.6 is 0 Å². The Kier molecular flexibility index (Phi) is 5.53. The van der Waals surface area contributed by atoms with Crippen LogP contribution in [-0.4, -0.2) is 34.7 Å². The molecule has 0 saturated carbocycles. The number of ether oxygens (including phenoxy) is 1. The minimum atomic E-state index is -0.471. The predicted molar refractivity (Wildman–Crippen MR) is 117 cm³/mol. The second-order valence-electron chi connectivity index (χ2n) is 7.32. The molecule has 0 saturated heterocycles. The van der Waals surface area contributed by atoms with Gasteiger partial charge in [0.05, 0.1) is 12.8 Å². The number of amides is 2. The van der Waals surface area contributed by atoms with E-state index in [4.69, 9.17) is 4.74 Å². The Balaban J connectivity index is 1.56. The van der Waals surface area contributed by atoms with E-state index < -0.39 is 11.5 Å². The summed E-state index contributed by atoms with van der Waals surface area (Å²) in [6, 6.07) is 17.3. The van der Waals surface area contributed by atoms with Gasteiger partial charge in [0.2, 0.25) is 5.91 Å². The molecule has 4 rings (SSSR count). The first kappa shape index (κ1) is 20.3. The summed E-state index contributed by atoms with van der Waals surface area (Å²) in [5.41, 5.74) is 2.05. The highest BCUT2D eigenvalue weighted by Crippen LogP contribution is 2.32. The first-order valence-electron chi connectivity index (χ1n) is 9.90. The Bertz CT molecular complexity index is 1200. The summed E-state index contributed by atoms with van der Waals surface area (Å²) >= 11 is 0. The maximum Gasteiger partial charge on any atom is 0.278 e. The number of hydrogen-bond acceptors (Lipinski definition) is 5. The summed E-state index contributed by atoms with van der Waals surface area (Å²) < 4.78 is 6.21. The minimum absolute atomic E-state index is 0.0269. The Morgan fingerprint density at radius 3 is 2.65 bits per heavy atom. The molecule has 2 aromatic carbocycles. The zero-order valence-corrected chi connectivity index (χ0v) is 17.2. The minimum Gasteiger partial charge on any atom is -0.495 e. The van der Waals surface area contributed by atoms with E-state index >= 15 is 0 Å². The molecule has 0 fully saturated rings. The average Bonchev–Trinajstić information content (AvgIpc) is 3.10. The van der Waals surface area contributed by atoms with Crippen LogP contribution in [0.1, 0.15) is 23.0 Å². The Morgan fingerprint density at radius 2 is 1.84 bits per heavy atom. The van der Waals surface area contributed by atoms with Crippen LogP contribution in [0.2, 0.25) is 0 Å². The zero-order chi connectivity index (χ0) is 22.0. The van der Waals surface area contributed by atoms with Crippen LogP contribution in [0.3, 0.4) is 0 Å². The van der Waals surface area contributed by atoms with Gasteiger partial charge in [-0.05, 0) is 43.2 Å². The summed E-state index contributed by atoms with van der Waals surface area (Å²) in [7, 11) is 1.50. The van der Waals surface area contributed by atoms with Gasteiger partial charge in [0.1, 0.15) is 18.0 Å². The van der Waals surface area contributed by atoms with E-state index in [1.165, 1.54) is 19.2 Å². The molecular weight excluding hydrogens is 396 g/mol. The molecule has 1 N–H and O–H groups in total. The highest BCUT2D eigenvalue weighted by Gasteiger charge is 2.32. The third kappa shape index (κ3) is 4.05. The fraction of sp³-hybridized carbons (Fsp3) is 0.217. The second kappa shape index (κ2) is 8.43. The van der Waals surface area contributed by atoms with Gasteiger partial charge in [-0.1, -0.05) is 30.3 Å². The SMILES string of the molecule is COc1ccccc1NC(=O)Cn1nc(C(=O)N2c3ccccc3CC2C)ccc1=O. The number of para-hydroxylation sites is 3. The molecule has 1 aromatic heterocycles. The highest BCUT2D eigenvalue weighted by molar-refractivity contribution is 6.06. The number of benzene rings is 2. The van der Waals surface area contributed by atoms with Gasteiger partial charge in [0.15, 0.2) is 0 Å². The molecule has 0 spiro atoms. The lowest BCUT2D eigenvalue weighted by Crippen LogP contribution is -2.38. The summed E-state index contributed by atoms with van der Waals surface area (Å²) in [6.07, 6.45) is 0.753. The quantitative estimate of drug-likeness (QED) is 0.687. The molecule has 2 amide bonds. The first-order valence-corrected chi connectivity index (χ1v) is 9.90. The second-order valence-corrected chi connectivity index (χ2v) is 7.32. The van der Waals surface area contributed by atoms with Gasteiger partial charge < -0.3 is 15.0 Å². The van der Waals surface area contributed by atoms with Crippen molar-refractivity contribution in [2.75, 3.05) is 17.3 Å². The highest BCUT2D eigenvalue weighted by atomic mass is 16.5. The van der Waals surface area contributed by atoms with E-state index in [1.54, 1.807) is 29.2 Å². The molecule has 158 valence electrons. The number of hydrogen-bond donors (Lipinski definition) is 1. The maximum atomic E-state index is 13.2. The molecule has 31 heavy (non-hydrogen) atoms. The van der Waals surface area contributed by atoms with Crippen LogP contribution in [0.5, 0.6) is 5.75 Å². The van der Waals surface area contributed by atoms with Crippen LogP contribution in [0, 0.1) is 0 Å². The van der Waals surface area contributed by atoms with Crippen LogP contribution in [0.25, 0.3) is 0 Å². The number of aromatic nitrogens is 2. The lowest BCUT2D eigenvalue weighted by atomic mass is 10.1. The Labute approximate surface area is 179 Å². The molecule has 1 aliphatic rings. The molecule has 1 atom stereocenters. The van der Waals surface area contributed by atoms with Crippen molar-refractivity contribution in [1.82, 2.24) is 9.78 Å². The first-order chi connectivity index (χ1) is 15.0. The summed E-state index contributed by atoms with van der Waals surface area (Å²) in [5.74, 6) is -0.262. The van der Waals surface area contributed by atoms with E-state index in [0.29, 0.717) is 11.4 Å². The number of rotatable bonds is 5. The summed E-state index contributed by atoms with van der Waals surface area (Å²) in [5, 5.41) is 6.87. The van der Waals surface area contributed by atoms with Gasteiger partial charge in [-0.15, -0.1) is 0 Å². The van der Waals surface area contributed by atoms with Gasteiger partial charge in [-0.2, -0.15) is 5.10 Å². The topological polar surface area (TPSA) is 93.5 Å². The largest absolute Gasteiger partial charge is 0.495 e. The zero-order valence-electron chi connectivity index (χ0n) is 17.2. The van der Waals surface area contributed by atoms with E-state index in [9.17, 15) is 14.4 Å². The van der Waals surface area contributed by atoms with Crippen LogP contribution in [-0.2, 0) is 17.8 Å². The molecule has 8 heteroatoms.